The summed E-state index contributed by atoms with van der Waals surface area (Å²) in [6.07, 6.45) is 3.50. The summed E-state index contributed by atoms with van der Waals surface area (Å²) in [5, 5.41) is 7.46. The van der Waals surface area contributed by atoms with Crippen molar-refractivity contribution in [2.24, 2.45) is 0 Å². The summed E-state index contributed by atoms with van der Waals surface area (Å²) < 4.78 is 7.62. The van der Waals surface area contributed by atoms with Gasteiger partial charge >= 0.3 is 0 Å². The van der Waals surface area contributed by atoms with Crippen molar-refractivity contribution in [3.63, 3.8) is 0 Å². The SMILES string of the molecule is CNCc1ccc(Oc2nccn3nc(C)cc23)cc1. The molecule has 1 aromatic carbocycles. The molecule has 3 aromatic rings. The van der Waals surface area contributed by atoms with Gasteiger partial charge in [0.1, 0.15) is 11.3 Å². The van der Waals surface area contributed by atoms with Gasteiger partial charge in [-0.2, -0.15) is 5.10 Å². The highest BCUT2D eigenvalue weighted by Crippen LogP contribution is 2.24. The summed E-state index contributed by atoms with van der Waals surface area (Å²) >= 11 is 0. The Balaban J connectivity index is 1.88. The standard InChI is InChI=1S/C15H16N4O/c1-11-9-14-15(17-7-8-19(14)18-11)20-13-5-3-12(4-6-13)10-16-2/h3-9,16H,10H2,1-2H3. The fourth-order valence-electron chi connectivity index (χ4n) is 2.09. The Bertz CT molecular complexity index is 718. The van der Waals surface area contributed by atoms with Gasteiger partial charge < -0.3 is 10.1 Å². The molecule has 0 atom stereocenters. The van der Waals surface area contributed by atoms with Crippen molar-refractivity contribution in [2.45, 2.75) is 13.5 Å². The minimum Gasteiger partial charge on any atom is -0.437 e. The Morgan fingerprint density at radius 2 is 2.05 bits per heavy atom. The van der Waals surface area contributed by atoms with Crippen molar-refractivity contribution in [3.8, 4) is 11.6 Å². The average Bonchev–Trinajstić information content (AvgIpc) is 2.83. The van der Waals surface area contributed by atoms with E-state index in [9.17, 15) is 0 Å². The van der Waals surface area contributed by atoms with Gasteiger partial charge in [-0.05, 0) is 37.7 Å². The molecule has 2 aromatic heterocycles. The van der Waals surface area contributed by atoms with Crippen LogP contribution in [0.25, 0.3) is 5.52 Å². The van der Waals surface area contributed by atoms with E-state index in [-0.39, 0.29) is 0 Å². The Kier molecular flexibility index (Phi) is 3.35. The topological polar surface area (TPSA) is 51.5 Å². The Labute approximate surface area is 117 Å². The lowest BCUT2D eigenvalue weighted by atomic mass is 10.2. The van der Waals surface area contributed by atoms with Gasteiger partial charge in [0, 0.05) is 18.9 Å². The highest BCUT2D eigenvalue weighted by atomic mass is 16.5. The van der Waals surface area contributed by atoms with Gasteiger partial charge in [0.05, 0.1) is 5.69 Å². The molecule has 0 aliphatic heterocycles. The van der Waals surface area contributed by atoms with Gasteiger partial charge in [0.25, 0.3) is 0 Å². The fraction of sp³-hybridized carbons (Fsp3) is 0.200. The second kappa shape index (κ2) is 5.30. The van der Waals surface area contributed by atoms with Crippen molar-refractivity contribution in [2.75, 3.05) is 7.05 Å². The second-order valence-electron chi connectivity index (χ2n) is 4.62. The quantitative estimate of drug-likeness (QED) is 0.790. The zero-order valence-corrected chi connectivity index (χ0v) is 11.5. The van der Waals surface area contributed by atoms with Gasteiger partial charge in [-0.25, -0.2) is 9.50 Å². The molecule has 1 N–H and O–H groups in total. The van der Waals surface area contributed by atoms with Crippen LogP contribution in [0.1, 0.15) is 11.3 Å². The number of benzene rings is 1. The van der Waals surface area contributed by atoms with Gasteiger partial charge in [-0.3, -0.25) is 0 Å². The minimum absolute atomic E-state index is 0.564. The molecule has 0 aliphatic carbocycles. The highest BCUT2D eigenvalue weighted by molar-refractivity contribution is 5.57. The van der Waals surface area contributed by atoms with E-state index in [2.05, 4.69) is 15.4 Å². The van der Waals surface area contributed by atoms with Crippen LogP contribution < -0.4 is 10.1 Å². The van der Waals surface area contributed by atoms with Crippen molar-refractivity contribution >= 4 is 5.52 Å². The molecule has 0 saturated heterocycles. The molecular formula is C15H16N4O. The van der Waals surface area contributed by atoms with Crippen molar-refractivity contribution in [3.05, 3.63) is 54.0 Å². The van der Waals surface area contributed by atoms with E-state index >= 15 is 0 Å². The van der Waals surface area contributed by atoms with Crippen molar-refractivity contribution in [1.82, 2.24) is 19.9 Å². The third kappa shape index (κ3) is 2.48. The van der Waals surface area contributed by atoms with Crippen LogP contribution in [0.15, 0.2) is 42.7 Å². The molecule has 20 heavy (non-hydrogen) atoms. The van der Waals surface area contributed by atoms with Crippen LogP contribution in [-0.2, 0) is 6.54 Å². The molecule has 2 heterocycles. The zero-order chi connectivity index (χ0) is 13.9. The third-order valence-corrected chi connectivity index (χ3v) is 3.00. The number of hydrogen-bond donors (Lipinski definition) is 1. The summed E-state index contributed by atoms with van der Waals surface area (Å²) in [7, 11) is 1.93. The van der Waals surface area contributed by atoms with Crippen molar-refractivity contribution < 1.29 is 4.74 Å². The summed E-state index contributed by atoms with van der Waals surface area (Å²) in [4.78, 5) is 4.28. The number of nitrogens with one attached hydrogen (secondary N) is 1. The molecule has 0 amide bonds. The lowest BCUT2D eigenvalue weighted by molar-refractivity contribution is 0.465. The first-order valence-corrected chi connectivity index (χ1v) is 6.48. The van der Waals surface area contributed by atoms with Crippen LogP contribution in [0, 0.1) is 6.92 Å². The van der Waals surface area contributed by atoms with E-state index < -0.39 is 0 Å². The fourth-order valence-corrected chi connectivity index (χ4v) is 2.09. The Morgan fingerprint density at radius 3 is 2.80 bits per heavy atom. The summed E-state index contributed by atoms with van der Waals surface area (Å²) in [6, 6.07) is 9.92. The molecule has 0 aliphatic rings. The van der Waals surface area contributed by atoms with Crippen molar-refractivity contribution in [1.29, 1.82) is 0 Å². The van der Waals surface area contributed by atoms with E-state index in [0.717, 1.165) is 23.5 Å². The van der Waals surface area contributed by atoms with E-state index in [0.29, 0.717) is 5.88 Å². The smallest absolute Gasteiger partial charge is 0.245 e. The number of nitrogens with zero attached hydrogens (tertiary/aromatic N) is 3. The zero-order valence-electron chi connectivity index (χ0n) is 11.5. The largest absolute Gasteiger partial charge is 0.437 e. The van der Waals surface area contributed by atoms with Crippen LogP contribution in [0.4, 0.5) is 0 Å². The maximum absolute atomic E-state index is 5.85. The first-order chi connectivity index (χ1) is 9.76. The van der Waals surface area contributed by atoms with E-state index in [1.54, 1.807) is 10.7 Å². The molecule has 102 valence electrons. The lowest BCUT2D eigenvalue weighted by Gasteiger charge is -2.07. The van der Waals surface area contributed by atoms with E-state index in [1.165, 1.54) is 5.56 Å². The monoisotopic (exact) mass is 268 g/mol. The first-order valence-electron chi connectivity index (χ1n) is 6.48. The molecular weight excluding hydrogens is 252 g/mol. The molecule has 0 saturated carbocycles. The summed E-state index contributed by atoms with van der Waals surface area (Å²) in [5.41, 5.74) is 3.02. The Morgan fingerprint density at radius 1 is 1.25 bits per heavy atom. The molecule has 0 fully saturated rings. The number of aryl methyl sites for hydroxylation is 1. The Hall–Kier alpha value is -2.40. The summed E-state index contributed by atoms with van der Waals surface area (Å²) in [6.45, 7) is 2.79. The van der Waals surface area contributed by atoms with Crippen LogP contribution in [-0.4, -0.2) is 21.6 Å². The van der Waals surface area contributed by atoms with E-state index in [1.807, 2.05) is 50.5 Å². The predicted molar refractivity (Wildman–Crippen MR) is 77.0 cm³/mol. The number of aromatic nitrogens is 3. The van der Waals surface area contributed by atoms with Crippen LogP contribution in [0.2, 0.25) is 0 Å². The molecule has 5 nitrogen and oxygen atoms in total. The number of fused-ring (bicyclic) bond motifs is 1. The van der Waals surface area contributed by atoms with Crippen LogP contribution >= 0.6 is 0 Å². The molecule has 0 bridgehead atoms. The normalized spacial score (nSPS) is 10.9. The molecule has 3 rings (SSSR count). The van der Waals surface area contributed by atoms with Gasteiger partial charge in [0.15, 0.2) is 0 Å². The molecule has 0 radical (unpaired) electrons. The van der Waals surface area contributed by atoms with Crippen LogP contribution in [0.3, 0.4) is 0 Å². The minimum atomic E-state index is 0.564. The lowest BCUT2D eigenvalue weighted by Crippen LogP contribution is -2.04. The summed E-state index contributed by atoms with van der Waals surface area (Å²) in [5.74, 6) is 1.33. The molecule has 0 unspecified atom stereocenters. The molecule has 5 heteroatoms. The highest BCUT2D eigenvalue weighted by Gasteiger charge is 2.07. The predicted octanol–water partition coefficient (Wildman–Crippen LogP) is 2.55. The maximum atomic E-state index is 5.85. The number of hydrogen-bond acceptors (Lipinski definition) is 4. The second-order valence-corrected chi connectivity index (χ2v) is 4.62. The number of rotatable bonds is 4. The van der Waals surface area contributed by atoms with E-state index in [4.69, 9.17) is 4.74 Å². The van der Waals surface area contributed by atoms with Gasteiger partial charge in [0.2, 0.25) is 5.88 Å². The molecule has 0 spiro atoms. The maximum Gasteiger partial charge on any atom is 0.245 e. The first kappa shape index (κ1) is 12.6. The third-order valence-electron chi connectivity index (χ3n) is 3.00. The van der Waals surface area contributed by atoms with Gasteiger partial charge in [-0.15, -0.1) is 0 Å². The number of ether oxygens (including phenoxy) is 1. The van der Waals surface area contributed by atoms with Crippen LogP contribution in [0.5, 0.6) is 11.6 Å². The average molecular weight is 268 g/mol. The van der Waals surface area contributed by atoms with Gasteiger partial charge in [-0.1, -0.05) is 12.1 Å².